The molecule has 0 aromatic heterocycles. The van der Waals surface area contributed by atoms with Gasteiger partial charge in [0.1, 0.15) is 0 Å². The summed E-state index contributed by atoms with van der Waals surface area (Å²) in [6, 6.07) is 9.82. The average molecular weight is 263 g/mol. The zero-order valence-electron chi connectivity index (χ0n) is 10.5. The van der Waals surface area contributed by atoms with Gasteiger partial charge in [-0.25, -0.2) is 4.79 Å². The van der Waals surface area contributed by atoms with Gasteiger partial charge in [0.15, 0.2) is 0 Å². The molecule has 19 heavy (non-hydrogen) atoms. The first-order valence-electron chi connectivity index (χ1n) is 5.99. The summed E-state index contributed by atoms with van der Waals surface area (Å²) in [6.07, 6.45) is 2.48. The minimum Gasteiger partial charge on any atom is -0.478 e. The summed E-state index contributed by atoms with van der Waals surface area (Å²) in [4.78, 5) is 21.3. The maximum Gasteiger partial charge on any atom is 0.328 e. The van der Waals surface area contributed by atoms with Crippen molar-refractivity contribution in [1.29, 1.82) is 0 Å². The van der Waals surface area contributed by atoms with Crippen LogP contribution in [0.3, 0.4) is 0 Å². The van der Waals surface area contributed by atoms with E-state index >= 15 is 0 Å². The lowest BCUT2D eigenvalue weighted by atomic mass is 10.2. The summed E-state index contributed by atoms with van der Waals surface area (Å²) in [5.74, 6) is -1.55. The molecule has 0 fully saturated rings. The number of carbonyl (C=O) groups excluding carboxylic acids is 1. The molecule has 2 N–H and O–H groups in total. The minimum atomic E-state index is -1.14. The summed E-state index contributed by atoms with van der Waals surface area (Å²) < 4.78 is 5.44. The number of rotatable bonds is 8. The topological polar surface area (TPSA) is 75.6 Å². The van der Waals surface area contributed by atoms with Crippen LogP contribution in [0.4, 0.5) is 0 Å². The van der Waals surface area contributed by atoms with Crippen LogP contribution >= 0.6 is 0 Å². The Morgan fingerprint density at radius 2 is 1.95 bits per heavy atom. The second-order valence-electron chi connectivity index (χ2n) is 3.85. The van der Waals surface area contributed by atoms with Crippen molar-refractivity contribution < 1.29 is 19.4 Å². The van der Waals surface area contributed by atoms with Crippen LogP contribution in [-0.2, 0) is 20.9 Å². The quantitative estimate of drug-likeness (QED) is 0.548. The minimum absolute atomic E-state index is 0.412. The van der Waals surface area contributed by atoms with E-state index in [1.807, 2.05) is 30.3 Å². The zero-order valence-corrected chi connectivity index (χ0v) is 10.5. The van der Waals surface area contributed by atoms with E-state index in [1.54, 1.807) is 0 Å². The van der Waals surface area contributed by atoms with Crippen LogP contribution in [0.5, 0.6) is 0 Å². The summed E-state index contributed by atoms with van der Waals surface area (Å²) in [5, 5.41) is 10.9. The van der Waals surface area contributed by atoms with Crippen molar-refractivity contribution >= 4 is 11.9 Å². The van der Waals surface area contributed by atoms with Gasteiger partial charge >= 0.3 is 5.97 Å². The van der Waals surface area contributed by atoms with Gasteiger partial charge in [0, 0.05) is 25.3 Å². The highest BCUT2D eigenvalue weighted by atomic mass is 16.5. The van der Waals surface area contributed by atoms with Crippen molar-refractivity contribution in [2.45, 2.75) is 13.0 Å². The summed E-state index contributed by atoms with van der Waals surface area (Å²) in [6.45, 7) is 1.54. The number of benzene rings is 1. The van der Waals surface area contributed by atoms with Crippen LogP contribution in [0.25, 0.3) is 0 Å². The lowest BCUT2D eigenvalue weighted by Crippen LogP contribution is -2.23. The largest absolute Gasteiger partial charge is 0.478 e. The Bertz CT molecular complexity index is 428. The van der Waals surface area contributed by atoms with E-state index in [9.17, 15) is 9.59 Å². The first-order chi connectivity index (χ1) is 9.18. The van der Waals surface area contributed by atoms with Gasteiger partial charge in [-0.1, -0.05) is 30.3 Å². The third-order valence-corrected chi connectivity index (χ3v) is 2.25. The molecule has 0 atom stereocenters. The van der Waals surface area contributed by atoms with Crippen molar-refractivity contribution in [2.75, 3.05) is 13.2 Å². The van der Waals surface area contributed by atoms with E-state index < -0.39 is 11.9 Å². The fourth-order valence-corrected chi connectivity index (χ4v) is 1.36. The van der Waals surface area contributed by atoms with Crippen molar-refractivity contribution in [3.8, 4) is 0 Å². The Balaban J connectivity index is 2.02. The predicted molar refractivity (Wildman–Crippen MR) is 70.5 cm³/mol. The molecular formula is C14H17NO4. The first kappa shape index (κ1) is 14.9. The molecule has 0 aliphatic carbocycles. The Morgan fingerprint density at radius 3 is 2.63 bits per heavy atom. The number of aliphatic carboxylic acids is 1. The monoisotopic (exact) mass is 263 g/mol. The number of hydrogen-bond donors (Lipinski definition) is 2. The summed E-state index contributed by atoms with van der Waals surface area (Å²) in [7, 11) is 0. The van der Waals surface area contributed by atoms with E-state index in [0.717, 1.165) is 17.7 Å². The van der Waals surface area contributed by atoms with E-state index in [4.69, 9.17) is 9.84 Å². The normalized spacial score (nSPS) is 10.5. The Kier molecular flexibility index (Phi) is 6.97. The molecule has 0 saturated heterocycles. The molecule has 1 aromatic carbocycles. The highest BCUT2D eigenvalue weighted by molar-refractivity contribution is 5.93. The van der Waals surface area contributed by atoms with Crippen molar-refractivity contribution in [3.05, 3.63) is 48.0 Å². The molecule has 1 aromatic rings. The number of carboxylic acids is 1. The fourth-order valence-electron chi connectivity index (χ4n) is 1.36. The number of amides is 1. The molecule has 0 aliphatic heterocycles. The number of carboxylic acid groups (broad SMARTS) is 1. The lowest BCUT2D eigenvalue weighted by molar-refractivity contribution is -0.131. The molecule has 0 heterocycles. The van der Waals surface area contributed by atoms with Gasteiger partial charge in [0.2, 0.25) is 5.91 Å². The van der Waals surface area contributed by atoms with Gasteiger partial charge < -0.3 is 15.2 Å². The van der Waals surface area contributed by atoms with Gasteiger partial charge in [-0.3, -0.25) is 4.79 Å². The van der Waals surface area contributed by atoms with Crippen molar-refractivity contribution in [1.82, 2.24) is 5.32 Å². The number of nitrogens with one attached hydrogen (secondary N) is 1. The van der Waals surface area contributed by atoms with E-state index in [-0.39, 0.29) is 0 Å². The third-order valence-electron chi connectivity index (χ3n) is 2.25. The summed E-state index contributed by atoms with van der Waals surface area (Å²) in [5.41, 5.74) is 1.11. The third kappa shape index (κ3) is 7.72. The molecule has 0 aliphatic rings. The molecule has 0 radical (unpaired) electrons. The Morgan fingerprint density at radius 1 is 1.21 bits per heavy atom. The highest BCUT2D eigenvalue weighted by Gasteiger charge is 1.96. The first-order valence-corrected chi connectivity index (χ1v) is 5.99. The van der Waals surface area contributed by atoms with Gasteiger partial charge in [0.05, 0.1) is 6.61 Å². The van der Waals surface area contributed by atoms with E-state index in [1.165, 1.54) is 0 Å². The second-order valence-corrected chi connectivity index (χ2v) is 3.85. The molecule has 102 valence electrons. The van der Waals surface area contributed by atoms with Gasteiger partial charge in [-0.15, -0.1) is 0 Å². The molecule has 5 heteroatoms. The molecule has 0 saturated carbocycles. The maximum absolute atomic E-state index is 11.1. The van der Waals surface area contributed by atoms with Crippen LogP contribution in [-0.4, -0.2) is 30.1 Å². The smallest absolute Gasteiger partial charge is 0.328 e. The molecular weight excluding hydrogens is 246 g/mol. The van der Waals surface area contributed by atoms with E-state index in [0.29, 0.717) is 26.2 Å². The SMILES string of the molecule is O=C(O)/C=C/C(=O)NCCCOCc1ccccc1. The lowest BCUT2D eigenvalue weighted by Gasteiger charge is -2.04. The van der Waals surface area contributed by atoms with Gasteiger partial charge in [0.25, 0.3) is 0 Å². The van der Waals surface area contributed by atoms with Gasteiger partial charge in [-0.05, 0) is 12.0 Å². The highest BCUT2D eigenvalue weighted by Crippen LogP contribution is 2.00. The van der Waals surface area contributed by atoms with Crippen molar-refractivity contribution in [2.24, 2.45) is 0 Å². The zero-order chi connectivity index (χ0) is 13.9. The fraction of sp³-hybridized carbons (Fsp3) is 0.286. The number of carbonyl (C=O) groups is 2. The van der Waals surface area contributed by atoms with Crippen LogP contribution in [0.2, 0.25) is 0 Å². The molecule has 0 unspecified atom stereocenters. The van der Waals surface area contributed by atoms with E-state index in [2.05, 4.69) is 5.32 Å². The van der Waals surface area contributed by atoms with Crippen LogP contribution in [0, 0.1) is 0 Å². The molecule has 1 rings (SSSR count). The molecule has 1 amide bonds. The van der Waals surface area contributed by atoms with Crippen LogP contribution < -0.4 is 5.32 Å². The standard InChI is InChI=1S/C14H17NO4/c16-13(7-8-14(17)18)15-9-4-10-19-11-12-5-2-1-3-6-12/h1-3,5-8H,4,9-11H2,(H,15,16)(H,17,18)/b8-7+. The maximum atomic E-state index is 11.1. The molecule has 0 bridgehead atoms. The second kappa shape index (κ2) is 8.88. The molecule has 5 nitrogen and oxygen atoms in total. The summed E-state index contributed by atoms with van der Waals surface area (Å²) >= 11 is 0. The average Bonchev–Trinajstić information content (AvgIpc) is 2.41. The molecule has 0 spiro atoms. The van der Waals surface area contributed by atoms with Crippen LogP contribution in [0.15, 0.2) is 42.5 Å². The number of hydrogen-bond acceptors (Lipinski definition) is 3. The van der Waals surface area contributed by atoms with Gasteiger partial charge in [-0.2, -0.15) is 0 Å². The number of ether oxygens (including phenoxy) is 1. The van der Waals surface area contributed by atoms with Crippen LogP contribution in [0.1, 0.15) is 12.0 Å². The Hall–Kier alpha value is -2.14. The van der Waals surface area contributed by atoms with Crippen molar-refractivity contribution in [3.63, 3.8) is 0 Å². The predicted octanol–water partition coefficient (Wildman–Crippen LogP) is 1.35. The Labute approximate surface area is 111 Å².